The molecule has 0 saturated carbocycles. The van der Waals surface area contributed by atoms with Gasteiger partial charge in [-0.2, -0.15) is 0 Å². The van der Waals surface area contributed by atoms with E-state index in [-0.39, 0.29) is 11.9 Å². The van der Waals surface area contributed by atoms with Crippen molar-refractivity contribution in [2.24, 2.45) is 0 Å². The highest BCUT2D eigenvalue weighted by Crippen LogP contribution is 2.13. The van der Waals surface area contributed by atoms with E-state index in [2.05, 4.69) is 18.0 Å². The Balaban J connectivity index is 2.53. The van der Waals surface area contributed by atoms with Crippen LogP contribution in [0.3, 0.4) is 0 Å². The topological polar surface area (TPSA) is 32.3 Å². The zero-order chi connectivity index (χ0) is 12.7. The number of hydrogen-bond acceptors (Lipinski definition) is 3. The van der Waals surface area contributed by atoms with E-state index < -0.39 is 0 Å². The van der Waals surface area contributed by atoms with Gasteiger partial charge >= 0.3 is 0 Å². The lowest BCUT2D eigenvalue weighted by Gasteiger charge is -2.26. The van der Waals surface area contributed by atoms with Gasteiger partial charge in [0.15, 0.2) is 0 Å². The Bertz CT molecular complexity index is 346. The average Bonchev–Trinajstić information content (AvgIpc) is 2.78. The van der Waals surface area contributed by atoms with Crippen LogP contribution in [0.2, 0.25) is 0 Å². The average molecular weight is 252 g/mol. The van der Waals surface area contributed by atoms with E-state index in [0.29, 0.717) is 19.6 Å². The monoisotopic (exact) mass is 252 g/mol. The zero-order valence-corrected chi connectivity index (χ0v) is 11.3. The van der Waals surface area contributed by atoms with Crippen molar-refractivity contribution in [2.45, 2.75) is 26.4 Å². The third-order valence-corrected chi connectivity index (χ3v) is 3.28. The molecule has 1 amide bonds. The fourth-order valence-electron chi connectivity index (χ4n) is 1.51. The summed E-state index contributed by atoms with van der Waals surface area (Å²) >= 11 is 1.68. The Labute approximate surface area is 107 Å². The lowest BCUT2D eigenvalue weighted by atomic mass is 10.3. The number of nitrogens with one attached hydrogen (secondary N) is 1. The van der Waals surface area contributed by atoms with Crippen molar-refractivity contribution >= 4 is 17.2 Å². The van der Waals surface area contributed by atoms with Crippen molar-refractivity contribution in [3.63, 3.8) is 0 Å². The molecule has 1 N–H and O–H groups in total. The molecule has 0 spiro atoms. The molecule has 17 heavy (non-hydrogen) atoms. The maximum absolute atomic E-state index is 12.0. The molecule has 4 heteroatoms. The van der Waals surface area contributed by atoms with Gasteiger partial charge < -0.3 is 10.2 Å². The number of nitrogens with zero attached hydrogens (tertiary/aromatic N) is 1. The molecule has 1 aromatic heterocycles. The van der Waals surface area contributed by atoms with Gasteiger partial charge in [0.05, 0.1) is 13.1 Å². The summed E-state index contributed by atoms with van der Waals surface area (Å²) in [6, 6.07) is 4.29. The molecule has 0 aliphatic heterocycles. The molecule has 1 aromatic rings. The van der Waals surface area contributed by atoms with Gasteiger partial charge in [-0.1, -0.05) is 12.1 Å². The summed E-state index contributed by atoms with van der Waals surface area (Å²) in [5.41, 5.74) is 0. The van der Waals surface area contributed by atoms with Crippen LogP contribution in [-0.4, -0.2) is 29.9 Å². The largest absolute Gasteiger partial charge is 0.334 e. The summed E-state index contributed by atoms with van der Waals surface area (Å²) in [5, 5.41) is 5.08. The normalized spacial score (nSPS) is 10.5. The number of carbonyl (C=O) groups excluding carboxylic acids is 1. The summed E-state index contributed by atoms with van der Waals surface area (Å²) in [6.45, 7) is 9.43. The van der Waals surface area contributed by atoms with E-state index in [1.165, 1.54) is 4.88 Å². The molecular formula is C13H20N2OS. The standard InChI is InChI=1S/C13H20N2OS/c1-4-7-14-9-13(16)15(11(2)3)10-12-6-5-8-17-12/h4-6,8,11,14H,1,7,9-10H2,2-3H3. The predicted octanol–water partition coefficient (Wildman–Crippen LogP) is 2.26. The van der Waals surface area contributed by atoms with Crippen LogP contribution in [0, 0.1) is 0 Å². The molecule has 1 heterocycles. The van der Waals surface area contributed by atoms with Crippen molar-refractivity contribution in [1.82, 2.24) is 10.2 Å². The van der Waals surface area contributed by atoms with Gasteiger partial charge in [0.25, 0.3) is 0 Å². The number of rotatable bonds is 7. The van der Waals surface area contributed by atoms with E-state index in [1.807, 2.05) is 30.2 Å². The van der Waals surface area contributed by atoms with E-state index in [0.717, 1.165) is 0 Å². The first-order valence-corrected chi connectivity index (χ1v) is 6.66. The molecule has 0 unspecified atom stereocenters. The molecule has 1 rings (SSSR count). The Morgan fingerprint density at radius 2 is 2.41 bits per heavy atom. The van der Waals surface area contributed by atoms with Crippen LogP contribution in [0.5, 0.6) is 0 Å². The lowest BCUT2D eigenvalue weighted by Crippen LogP contribution is -2.41. The molecule has 0 saturated heterocycles. The van der Waals surface area contributed by atoms with Gasteiger partial charge in [-0.3, -0.25) is 4.79 Å². The predicted molar refractivity (Wildman–Crippen MR) is 73.1 cm³/mol. The molecule has 0 aromatic carbocycles. The van der Waals surface area contributed by atoms with Crippen molar-refractivity contribution in [3.05, 3.63) is 35.0 Å². The summed E-state index contributed by atoms with van der Waals surface area (Å²) < 4.78 is 0. The number of amides is 1. The van der Waals surface area contributed by atoms with Crippen LogP contribution in [0.15, 0.2) is 30.2 Å². The minimum atomic E-state index is 0.134. The summed E-state index contributed by atoms with van der Waals surface area (Å²) in [4.78, 5) is 15.1. The van der Waals surface area contributed by atoms with Crippen molar-refractivity contribution in [1.29, 1.82) is 0 Å². The molecule has 0 aliphatic rings. The Kier molecular flexibility index (Phi) is 5.94. The second kappa shape index (κ2) is 7.25. The highest BCUT2D eigenvalue weighted by molar-refractivity contribution is 7.09. The Hall–Kier alpha value is -1.13. The van der Waals surface area contributed by atoms with Crippen LogP contribution in [0.1, 0.15) is 18.7 Å². The summed E-state index contributed by atoms with van der Waals surface area (Å²) in [5.74, 6) is 0.134. The van der Waals surface area contributed by atoms with E-state index in [9.17, 15) is 4.79 Å². The molecule has 0 aliphatic carbocycles. The Morgan fingerprint density at radius 3 is 2.94 bits per heavy atom. The fraction of sp³-hybridized carbons (Fsp3) is 0.462. The maximum atomic E-state index is 12.0. The fourth-order valence-corrected chi connectivity index (χ4v) is 2.21. The van der Waals surface area contributed by atoms with Crippen LogP contribution in [0.25, 0.3) is 0 Å². The van der Waals surface area contributed by atoms with E-state index in [4.69, 9.17) is 0 Å². The molecule has 94 valence electrons. The van der Waals surface area contributed by atoms with Crippen molar-refractivity contribution in [3.8, 4) is 0 Å². The van der Waals surface area contributed by atoms with Crippen LogP contribution in [-0.2, 0) is 11.3 Å². The SMILES string of the molecule is C=CCNCC(=O)N(Cc1cccs1)C(C)C. The van der Waals surface area contributed by atoms with Gasteiger partial charge in [-0.05, 0) is 25.3 Å². The lowest BCUT2D eigenvalue weighted by molar-refractivity contribution is -0.132. The quantitative estimate of drug-likeness (QED) is 0.596. The van der Waals surface area contributed by atoms with Crippen LogP contribution in [0.4, 0.5) is 0 Å². The molecule has 3 nitrogen and oxygen atoms in total. The van der Waals surface area contributed by atoms with Gasteiger partial charge in [-0.15, -0.1) is 17.9 Å². The number of thiophene rings is 1. The van der Waals surface area contributed by atoms with E-state index >= 15 is 0 Å². The van der Waals surface area contributed by atoms with Crippen molar-refractivity contribution < 1.29 is 4.79 Å². The number of hydrogen-bond donors (Lipinski definition) is 1. The minimum Gasteiger partial charge on any atom is -0.334 e. The molecule has 0 radical (unpaired) electrons. The zero-order valence-electron chi connectivity index (χ0n) is 10.5. The molecule has 0 bridgehead atoms. The first-order valence-electron chi connectivity index (χ1n) is 5.78. The second-order valence-corrected chi connectivity index (χ2v) is 5.15. The highest BCUT2D eigenvalue weighted by atomic mass is 32.1. The molecule has 0 atom stereocenters. The minimum absolute atomic E-state index is 0.134. The maximum Gasteiger partial charge on any atom is 0.237 e. The third kappa shape index (κ3) is 4.71. The summed E-state index contributed by atoms with van der Waals surface area (Å²) in [6.07, 6.45) is 1.76. The van der Waals surface area contributed by atoms with Gasteiger partial charge in [0, 0.05) is 17.5 Å². The third-order valence-electron chi connectivity index (χ3n) is 2.41. The first kappa shape index (κ1) is 13.9. The van der Waals surface area contributed by atoms with Gasteiger partial charge in [0.2, 0.25) is 5.91 Å². The van der Waals surface area contributed by atoms with Gasteiger partial charge in [0.1, 0.15) is 0 Å². The summed E-state index contributed by atoms with van der Waals surface area (Å²) in [7, 11) is 0. The van der Waals surface area contributed by atoms with E-state index in [1.54, 1.807) is 17.4 Å². The highest BCUT2D eigenvalue weighted by Gasteiger charge is 2.16. The van der Waals surface area contributed by atoms with Gasteiger partial charge in [-0.25, -0.2) is 0 Å². The smallest absolute Gasteiger partial charge is 0.237 e. The second-order valence-electron chi connectivity index (χ2n) is 4.11. The van der Waals surface area contributed by atoms with Crippen LogP contribution < -0.4 is 5.32 Å². The number of carbonyl (C=O) groups is 1. The van der Waals surface area contributed by atoms with Crippen molar-refractivity contribution in [2.75, 3.05) is 13.1 Å². The molecular weight excluding hydrogens is 232 g/mol. The molecule has 0 fully saturated rings. The van der Waals surface area contributed by atoms with Crippen LogP contribution >= 0.6 is 11.3 Å². The Morgan fingerprint density at radius 1 is 1.65 bits per heavy atom. The first-order chi connectivity index (χ1) is 8.15.